The van der Waals surface area contributed by atoms with E-state index in [1.165, 1.54) is 6.07 Å². The number of piperidine rings is 1. The Hall–Kier alpha value is -1.14. The van der Waals surface area contributed by atoms with Crippen molar-refractivity contribution in [2.75, 3.05) is 13.1 Å². The van der Waals surface area contributed by atoms with Gasteiger partial charge in [0.25, 0.3) is 0 Å². The molecule has 0 unspecified atom stereocenters. The number of halogens is 3. The van der Waals surface area contributed by atoms with Crippen molar-refractivity contribution >= 4 is 0 Å². The van der Waals surface area contributed by atoms with Gasteiger partial charge in [0.2, 0.25) is 0 Å². The Labute approximate surface area is 103 Å². The van der Waals surface area contributed by atoms with Crippen molar-refractivity contribution < 1.29 is 18.3 Å². The first-order valence-electron chi connectivity index (χ1n) is 5.88. The van der Waals surface area contributed by atoms with Crippen LogP contribution in [0.2, 0.25) is 0 Å². The summed E-state index contributed by atoms with van der Waals surface area (Å²) in [5.41, 5.74) is -0.163. The molecule has 1 fully saturated rings. The fraction of sp³-hybridized carbons (Fsp3) is 0.583. The van der Waals surface area contributed by atoms with Crippen LogP contribution in [0.15, 0.2) is 18.3 Å². The van der Waals surface area contributed by atoms with Gasteiger partial charge >= 0.3 is 6.18 Å². The molecule has 6 heteroatoms. The number of hydrogen-bond donors (Lipinski definition) is 2. The largest absolute Gasteiger partial charge is 0.417 e. The van der Waals surface area contributed by atoms with E-state index in [9.17, 15) is 18.3 Å². The molecule has 3 nitrogen and oxygen atoms in total. The molecule has 18 heavy (non-hydrogen) atoms. The zero-order valence-corrected chi connectivity index (χ0v) is 9.74. The molecule has 1 aromatic rings. The molecule has 0 amide bonds. The number of aromatic nitrogens is 1. The standard InChI is InChI=1S/C12H15F3N2O/c13-12(14,15)9-1-2-10(17-7-9)5-8-6-16-4-3-11(8)18/h1-2,7-8,11,16,18H,3-6H2/t8-,11+/m0/s1. The van der Waals surface area contributed by atoms with Crippen LogP contribution in [0.5, 0.6) is 0 Å². The zero-order chi connectivity index (χ0) is 13.2. The highest BCUT2D eigenvalue weighted by atomic mass is 19.4. The van der Waals surface area contributed by atoms with E-state index >= 15 is 0 Å². The number of pyridine rings is 1. The predicted molar refractivity (Wildman–Crippen MR) is 59.9 cm³/mol. The number of aliphatic hydroxyl groups excluding tert-OH is 1. The molecule has 2 rings (SSSR count). The monoisotopic (exact) mass is 260 g/mol. The van der Waals surface area contributed by atoms with Gasteiger partial charge in [0, 0.05) is 24.4 Å². The second-order valence-corrected chi connectivity index (χ2v) is 4.56. The van der Waals surface area contributed by atoms with Gasteiger partial charge in [-0.15, -0.1) is 0 Å². The van der Waals surface area contributed by atoms with Crippen LogP contribution in [0.25, 0.3) is 0 Å². The van der Waals surface area contributed by atoms with Crippen molar-refractivity contribution in [1.29, 1.82) is 0 Å². The third kappa shape index (κ3) is 3.20. The summed E-state index contributed by atoms with van der Waals surface area (Å²) >= 11 is 0. The van der Waals surface area contributed by atoms with E-state index < -0.39 is 17.8 Å². The van der Waals surface area contributed by atoms with Crippen LogP contribution in [0.4, 0.5) is 13.2 Å². The van der Waals surface area contributed by atoms with E-state index in [2.05, 4.69) is 10.3 Å². The van der Waals surface area contributed by atoms with Crippen LogP contribution in [0, 0.1) is 5.92 Å². The summed E-state index contributed by atoms with van der Waals surface area (Å²) in [5, 5.41) is 12.9. The Bertz CT molecular complexity index is 391. The number of hydrogen-bond acceptors (Lipinski definition) is 3. The lowest BCUT2D eigenvalue weighted by atomic mass is 9.91. The van der Waals surface area contributed by atoms with Crippen LogP contribution in [-0.4, -0.2) is 29.3 Å². The topological polar surface area (TPSA) is 45.1 Å². The lowest BCUT2D eigenvalue weighted by Gasteiger charge is -2.28. The maximum Gasteiger partial charge on any atom is 0.417 e. The number of nitrogens with one attached hydrogen (secondary N) is 1. The SMILES string of the molecule is O[C@@H]1CCNC[C@@H]1Cc1ccc(C(F)(F)F)cn1. The van der Waals surface area contributed by atoms with Crippen molar-refractivity contribution in [3.8, 4) is 0 Å². The van der Waals surface area contributed by atoms with E-state index in [1.807, 2.05) is 0 Å². The van der Waals surface area contributed by atoms with E-state index in [1.54, 1.807) is 0 Å². The van der Waals surface area contributed by atoms with Crippen molar-refractivity contribution in [2.24, 2.45) is 5.92 Å². The van der Waals surface area contributed by atoms with E-state index in [0.29, 0.717) is 25.1 Å². The Morgan fingerprint density at radius 3 is 2.72 bits per heavy atom. The minimum atomic E-state index is -4.35. The highest BCUT2D eigenvalue weighted by Gasteiger charge is 2.31. The summed E-state index contributed by atoms with van der Waals surface area (Å²) in [5.74, 6) is 0.0167. The highest BCUT2D eigenvalue weighted by molar-refractivity contribution is 5.17. The maximum absolute atomic E-state index is 12.4. The van der Waals surface area contributed by atoms with Crippen molar-refractivity contribution in [2.45, 2.75) is 25.1 Å². The third-order valence-corrected chi connectivity index (χ3v) is 3.19. The van der Waals surface area contributed by atoms with Gasteiger partial charge in [0.15, 0.2) is 0 Å². The minimum absolute atomic E-state index is 0.0167. The first-order valence-corrected chi connectivity index (χ1v) is 5.88. The average Bonchev–Trinajstić information content (AvgIpc) is 2.32. The second-order valence-electron chi connectivity index (χ2n) is 4.56. The van der Waals surface area contributed by atoms with Crippen LogP contribution < -0.4 is 5.32 Å². The van der Waals surface area contributed by atoms with Gasteiger partial charge in [0.05, 0.1) is 11.7 Å². The summed E-state index contributed by atoms with van der Waals surface area (Å²) in [4.78, 5) is 3.81. The summed E-state index contributed by atoms with van der Waals surface area (Å²) in [6.07, 6.45) is -2.75. The van der Waals surface area contributed by atoms with E-state index in [0.717, 1.165) is 18.8 Å². The molecule has 2 atom stereocenters. The van der Waals surface area contributed by atoms with E-state index in [4.69, 9.17) is 0 Å². The Morgan fingerprint density at radius 2 is 2.17 bits per heavy atom. The molecular formula is C12H15F3N2O. The number of aliphatic hydroxyl groups is 1. The van der Waals surface area contributed by atoms with Gasteiger partial charge in [-0.2, -0.15) is 13.2 Å². The molecule has 0 saturated carbocycles. The van der Waals surface area contributed by atoms with Crippen LogP contribution in [-0.2, 0) is 12.6 Å². The molecule has 0 aromatic carbocycles. The molecule has 0 spiro atoms. The van der Waals surface area contributed by atoms with Gasteiger partial charge in [-0.3, -0.25) is 4.98 Å². The molecular weight excluding hydrogens is 245 g/mol. The van der Waals surface area contributed by atoms with Crippen molar-refractivity contribution in [1.82, 2.24) is 10.3 Å². The summed E-state index contributed by atoms with van der Waals surface area (Å²) in [6, 6.07) is 2.41. The van der Waals surface area contributed by atoms with Gasteiger partial charge in [-0.05, 0) is 31.5 Å². The van der Waals surface area contributed by atoms with Gasteiger partial charge in [0.1, 0.15) is 0 Å². The fourth-order valence-electron chi connectivity index (χ4n) is 2.10. The third-order valence-electron chi connectivity index (χ3n) is 3.19. The molecule has 2 heterocycles. The molecule has 0 bridgehead atoms. The molecule has 1 saturated heterocycles. The number of nitrogens with zero attached hydrogens (tertiary/aromatic N) is 1. The second kappa shape index (κ2) is 5.24. The van der Waals surface area contributed by atoms with E-state index in [-0.39, 0.29) is 5.92 Å². The van der Waals surface area contributed by atoms with Crippen LogP contribution in [0.3, 0.4) is 0 Å². The minimum Gasteiger partial charge on any atom is -0.393 e. The summed E-state index contributed by atoms with van der Waals surface area (Å²) < 4.78 is 37.1. The number of rotatable bonds is 2. The normalized spacial score (nSPS) is 25.1. The Balaban J connectivity index is 2.02. The molecule has 2 N–H and O–H groups in total. The lowest BCUT2D eigenvalue weighted by molar-refractivity contribution is -0.137. The fourth-order valence-corrected chi connectivity index (χ4v) is 2.10. The lowest BCUT2D eigenvalue weighted by Crippen LogP contribution is -2.41. The zero-order valence-electron chi connectivity index (χ0n) is 9.74. The first-order chi connectivity index (χ1) is 8.47. The average molecular weight is 260 g/mol. The summed E-state index contributed by atoms with van der Waals surface area (Å²) in [7, 11) is 0. The predicted octanol–water partition coefficient (Wildman–Crippen LogP) is 1.61. The molecule has 1 aromatic heterocycles. The maximum atomic E-state index is 12.4. The van der Waals surface area contributed by atoms with Crippen LogP contribution >= 0.6 is 0 Å². The Kier molecular flexibility index (Phi) is 3.87. The number of alkyl halides is 3. The summed E-state index contributed by atoms with van der Waals surface area (Å²) in [6.45, 7) is 1.45. The molecule has 0 radical (unpaired) electrons. The van der Waals surface area contributed by atoms with Gasteiger partial charge in [-0.1, -0.05) is 0 Å². The highest BCUT2D eigenvalue weighted by Crippen LogP contribution is 2.28. The van der Waals surface area contributed by atoms with Crippen molar-refractivity contribution in [3.05, 3.63) is 29.6 Å². The van der Waals surface area contributed by atoms with Gasteiger partial charge in [-0.25, -0.2) is 0 Å². The van der Waals surface area contributed by atoms with Crippen molar-refractivity contribution in [3.63, 3.8) is 0 Å². The molecule has 1 aliphatic heterocycles. The smallest absolute Gasteiger partial charge is 0.393 e. The Morgan fingerprint density at radius 1 is 1.39 bits per heavy atom. The van der Waals surface area contributed by atoms with Crippen LogP contribution in [0.1, 0.15) is 17.7 Å². The van der Waals surface area contributed by atoms with Gasteiger partial charge < -0.3 is 10.4 Å². The molecule has 0 aliphatic carbocycles. The molecule has 100 valence electrons. The quantitative estimate of drug-likeness (QED) is 0.849. The molecule has 1 aliphatic rings. The first kappa shape index (κ1) is 13.3.